The molecule has 0 bridgehead atoms. The number of fused-ring (bicyclic) bond motifs is 1. The van der Waals surface area contributed by atoms with Gasteiger partial charge in [-0.05, 0) is 42.5 Å². The molecule has 0 saturated heterocycles. The summed E-state index contributed by atoms with van der Waals surface area (Å²) in [5.74, 6) is 1.37. The summed E-state index contributed by atoms with van der Waals surface area (Å²) >= 11 is 0. The first-order valence-electron chi connectivity index (χ1n) is 6.43. The van der Waals surface area contributed by atoms with E-state index in [-0.39, 0.29) is 5.56 Å². The normalized spacial score (nSPS) is 10.6. The van der Waals surface area contributed by atoms with E-state index in [0.717, 1.165) is 11.4 Å². The monoisotopic (exact) mass is 282 g/mol. The Labute approximate surface area is 121 Å². The fourth-order valence-electron chi connectivity index (χ4n) is 2.15. The van der Waals surface area contributed by atoms with Crippen LogP contribution in [0.5, 0.6) is 11.5 Å². The number of aromatic nitrogens is 2. The van der Waals surface area contributed by atoms with Gasteiger partial charge in [-0.15, -0.1) is 0 Å². The van der Waals surface area contributed by atoms with Crippen molar-refractivity contribution in [3.8, 4) is 17.2 Å². The molecule has 0 atom stereocenters. The van der Waals surface area contributed by atoms with Gasteiger partial charge < -0.3 is 9.47 Å². The van der Waals surface area contributed by atoms with Gasteiger partial charge in [-0.1, -0.05) is 0 Å². The van der Waals surface area contributed by atoms with Gasteiger partial charge in [0, 0.05) is 0 Å². The van der Waals surface area contributed by atoms with Crippen LogP contribution in [0.2, 0.25) is 0 Å². The first kappa shape index (κ1) is 13.2. The van der Waals surface area contributed by atoms with Gasteiger partial charge >= 0.3 is 0 Å². The molecule has 1 heterocycles. The van der Waals surface area contributed by atoms with E-state index in [9.17, 15) is 4.79 Å². The molecule has 2 aromatic carbocycles. The van der Waals surface area contributed by atoms with Crippen LogP contribution in [-0.4, -0.2) is 23.8 Å². The van der Waals surface area contributed by atoms with E-state index in [4.69, 9.17) is 9.47 Å². The second-order valence-electron chi connectivity index (χ2n) is 4.50. The van der Waals surface area contributed by atoms with Crippen molar-refractivity contribution >= 4 is 10.9 Å². The van der Waals surface area contributed by atoms with Gasteiger partial charge in [-0.25, -0.2) is 4.98 Å². The Hall–Kier alpha value is -2.82. The number of benzene rings is 2. The first-order chi connectivity index (χ1) is 10.2. The van der Waals surface area contributed by atoms with Crippen LogP contribution in [0, 0.1) is 0 Å². The van der Waals surface area contributed by atoms with E-state index in [1.807, 2.05) is 12.1 Å². The smallest absolute Gasteiger partial charge is 0.265 e. The van der Waals surface area contributed by atoms with Gasteiger partial charge in [-0.3, -0.25) is 9.36 Å². The van der Waals surface area contributed by atoms with Crippen molar-refractivity contribution in [1.29, 1.82) is 0 Å². The van der Waals surface area contributed by atoms with E-state index in [1.54, 1.807) is 44.6 Å². The topological polar surface area (TPSA) is 53.4 Å². The van der Waals surface area contributed by atoms with E-state index >= 15 is 0 Å². The number of rotatable bonds is 3. The highest BCUT2D eigenvalue weighted by molar-refractivity contribution is 5.79. The Morgan fingerprint density at radius 3 is 2.29 bits per heavy atom. The average Bonchev–Trinajstić information content (AvgIpc) is 2.55. The molecule has 21 heavy (non-hydrogen) atoms. The lowest BCUT2D eigenvalue weighted by atomic mass is 10.2. The molecule has 0 N–H and O–H groups in total. The maximum atomic E-state index is 12.6. The van der Waals surface area contributed by atoms with Crippen molar-refractivity contribution in [3.05, 3.63) is 59.1 Å². The van der Waals surface area contributed by atoms with E-state index in [1.165, 1.54) is 10.9 Å². The minimum absolute atomic E-state index is 0.135. The van der Waals surface area contributed by atoms with Crippen molar-refractivity contribution in [2.24, 2.45) is 0 Å². The van der Waals surface area contributed by atoms with Gasteiger partial charge in [0.2, 0.25) is 0 Å². The highest BCUT2D eigenvalue weighted by Crippen LogP contribution is 2.18. The van der Waals surface area contributed by atoms with Crippen LogP contribution < -0.4 is 15.0 Å². The minimum atomic E-state index is -0.135. The van der Waals surface area contributed by atoms with E-state index in [2.05, 4.69) is 4.98 Å². The number of ether oxygens (including phenoxy) is 2. The Balaban J connectivity index is 2.18. The summed E-state index contributed by atoms with van der Waals surface area (Å²) in [6.45, 7) is 0. The largest absolute Gasteiger partial charge is 0.497 e. The predicted molar refractivity (Wildman–Crippen MR) is 80.4 cm³/mol. The Morgan fingerprint density at radius 1 is 0.952 bits per heavy atom. The lowest BCUT2D eigenvalue weighted by Gasteiger charge is -2.08. The Morgan fingerprint density at radius 2 is 1.62 bits per heavy atom. The van der Waals surface area contributed by atoms with Crippen molar-refractivity contribution in [2.75, 3.05) is 14.2 Å². The predicted octanol–water partition coefficient (Wildman–Crippen LogP) is 2.40. The van der Waals surface area contributed by atoms with Gasteiger partial charge in [0.25, 0.3) is 5.56 Å². The fourth-order valence-corrected chi connectivity index (χ4v) is 2.15. The zero-order chi connectivity index (χ0) is 14.8. The Kier molecular flexibility index (Phi) is 3.31. The molecule has 0 radical (unpaired) electrons. The van der Waals surface area contributed by atoms with Gasteiger partial charge in [-0.2, -0.15) is 0 Å². The molecule has 0 spiro atoms. The molecule has 3 rings (SSSR count). The number of hydrogen-bond acceptors (Lipinski definition) is 4. The molecule has 0 fully saturated rings. The number of nitrogens with zero attached hydrogens (tertiary/aromatic N) is 2. The maximum absolute atomic E-state index is 12.6. The maximum Gasteiger partial charge on any atom is 0.265 e. The standard InChI is InChI=1S/C16H14N2O3/c1-20-12-5-3-11(4-6-12)18-10-17-15-8-7-13(21-2)9-14(15)16(18)19/h3-10H,1-2H3. The molecule has 106 valence electrons. The van der Waals surface area contributed by atoms with Crippen LogP contribution in [0.3, 0.4) is 0 Å². The second kappa shape index (κ2) is 5.28. The SMILES string of the molecule is COc1ccc(-n2cnc3ccc(OC)cc3c2=O)cc1. The third-order valence-electron chi connectivity index (χ3n) is 3.32. The van der Waals surface area contributed by atoms with E-state index in [0.29, 0.717) is 16.7 Å². The quantitative estimate of drug-likeness (QED) is 0.740. The van der Waals surface area contributed by atoms with Crippen molar-refractivity contribution in [1.82, 2.24) is 9.55 Å². The highest BCUT2D eigenvalue weighted by Gasteiger charge is 2.07. The third-order valence-corrected chi connectivity index (χ3v) is 3.32. The number of hydrogen-bond donors (Lipinski definition) is 0. The van der Waals surface area contributed by atoms with E-state index < -0.39 is 0 Å². The molecule has 0 aliphatic rings. The first-order valence-corrected chi connectivity index (χ1v) is 6.43. The van der Waals surface area contributed by atoms with Crippen LogP contribution in [0.15, 0.2) is 53.6 Å². The lowest BCUT2D eigenvalue weighted by Crippen LogP contribution is -2.18. The number of methoxy groups -OCH3 is 2. The fraction of sp³-hybridized carbons (Fsp3) is 0.125. The summed E-state index contributed by atoms with van der Waals surface area (Å²) in [6, 6.07) is 12.5. The van der Waals surface area contributed by atoms with Crippen molar-refractivity contribution < 1.29 is 9.47 Å². The highest BCUT2D eigenvalue weighted by atomic mass is 16.5. The van der Waals surface area contributed by atoms with Gasteiger partial charge in [0.15, 0.2) is 0 Å². The molecule has 0 amide bonds. The molecule has 0 saturated carbocycles. The summed E-state index contributed by atoms with van der Waals surface area (Å²) < 4.78 is 11.8. The summed E-state index contributed by atoms with van der Waals surface area (Å²) in [4.78, 5) is 16.9. The average molecular weight is 282 g/mol. The molecule has 1 aromatic heterocycles. The van der Waals surface area contributed by atoms with Crippen LogP contribution in [-0.2, 0) is 0 Å². The summed E-state index contributed by atoms with van der Waals surface area (Å²) in [7, 11) is 3.17. The summed E-state index contributed by atoms with van der Waals surface area (Å²) in [6.07, 6.45) is 1.53. The molecule has 0 aliphatic heterocycles. The molecule has 5 nitrogen and oxygen atoms in total. The van der Waals surface area contributed by atoms with Crippen molar-refractivity contribution in [2.45, 2.75) is 0 Å². The van der Waals surface area contributed by atoms with Crippen LogP contribution in [0.25, 0.3) is 16.6 Å². The zero-order valence-electron chi connectivity index (χ0n) is 11.7. The van der Waals surface area contributed by atoms with Crippen LogP contribution >= 0.6 is 0 Å². The Bertz CT molecular complexity index is 838. The molecular weight excluding hydrogens is 268 g/mol. The molecule has 3 aromatic rings. The van der Waals surface area contributed by atoms with Crippen LogP contribution in [0.1, 0.15) is 0 Å². The molecule has 5 heteroatoms. The van der Waals surface area contributed by atoms with Gasteiger partial charge in [0.1, 0.15) is 17.8 Å². The zero-order valence-corrected chi connectivity index (χ0v) is 11.7. The third kappa shape index (κ3) is 2.33. The lowest BCUT2D eigenvalue weighted by molar-refractivity contribution is 0.414. The van der Waals surface area contributed by atoms with Crippen molar-refractivity contribution in [3.63, 3.8) is 0 Å². The molecule has 0 aliphatic carbocycles. The van der Waals surface area contributed by atoms with Crippen LogP contribution in [0.4, 0.5) is 0 Å². The summed E-state index contributed by atoms with van der Waals surface area (Å²) in [5, 5.41) is 0.521. The van der Waals surface area contributed by atoms with Gasteiger partial charge in [0.05, 0.1) is 30.8 Å². The second-order valence-corrected chi connectivity index (χ2v) is 4.50. The minimum Gasteiger partial charge on any atom is -0.497 e. The molecular formula is C16H14N2O3. The summed E-state index contributed by atoms with van der Waals surface area (Å²) in [5.41, 5.74) is 1.24. The molecule has 0 unspecified atom stereocenters.